The van der Waals surface area contributed by atoms with Crippen LogP contribution in [-0.2, 0) is 38.1 Å². The van der Waals surface area contributed by atoms with Gasteiger partial charge in [0.2, 0.25) is 0 Å². The minimum Gasteiger partial charge on any atom is -0.466 e. The molecular formula is C22H20N2O8. The van der Waals surface area contributed by atoms with Crippen molar-refractivity contribution in [1.82, 2.24) is 4.90 Å². The first kappa shape index (κ1) is 21.5. The number of methoxy groups -OCH3 is 4. The molecule has 5 rings (SSSR count). The first-order chi connectivity index (χ1) is 15.3. The molecule has 10 heteroatoms. The van der Waals surface area contributed by atoms with Crippen molar-refractivity contribution in [3.05, 3.63) is 46.6 Å². The summed E-state index contributed by atoms with van der Waals surface area (Å²) in [6.45, 7) is 0. The molecule has 0 N–H and O–H groups in total. The SMILES string of the molecule is COC(=O)C1=C(C(=O)OC)[C@@H]2C=C[C@H]1[C@H]1C(C(=O)OC)=C(C(=O)OC)[C@@]3(C#N)C=CC2N13. The molecule has 1 unspecified atom stereocenters. The first-order valence-electron chi connectivity index (χ1n) is 9.72. The lowest BCUT2D eigenvalue weighted by atomic mass is 9.77. The van der Waals surface area contributed by atoms with Gasteiger partial charge in [0.1, 0.15) is 0 Å². The topological polar surface area (TPSA) is 132 Å². The van der Waals surface area contributed by atoms with E-state index < -0.39 is 53.3 Å². The number of nitriles is 1. The van der Waals surface area contributed by atoms with Gasteiger partial charge in [0.05, 0.1) is 62.8 Å². The number of hydrogen-bond donors (Lipinski definition) is 0. The third kappa shape index (κ3) is 2.48. The maximum atomic E-state index is 12.9. The Hall–Kier alpha value is -3.71. The molecule has 1 aliphatic carbocycles. The zero-order chi connectivity index (χ0) is 23.4. The lowest BCUT2D eigenvalue weighted by molar-refractivity contribution is -0.140. The molecule has 4 aliphatic heterocycles. The molecule has 5 aliphatic rings. The van der Waals surface area contributed by atoms with Crippen LogP contribution >= 0.6 is 0 Å². The zero-order valence-electron chi connectivity index (χ0n) is 17.8. The van der Waals surface area contributed by atoms with Gasteiger partial charge in [-0.25, -0.2) is 19.2 Å². The van der Waals surface area contributed by atoms with Crippen molar-refractivity contribution < 1.29 is 38.1 Å². The fourth-order valence-corrected chi connectivity index (χ4v) is 5.31. The van der Waals surface area contributed by atoms with Crippen molar-refractivity contribution in [2.75, 3.05) is 28.4 Å². The summed E-state index contributed by atoms with van der Waals surface area (Å²) in [6, 6.07) is 0.559. The Kier molecular flexibility index (Phi) is 5.02. The Morgan fingerprint density at radius 1 is 0.812 bits per heavy atom. The van der Waals surface area contributed by atoms with Crippen LogP contribution in [0.3, 0.4) is 0 Å². The predicted molar refractivity (Wildman–Crippen MR) is 105 cm³/mol. The van der Waals surface area contributed by atoms with Crippen LogP contribution in [0.2, 0.25) is 0 Å². The summed E-state index contributed by atoms with van der Waals surface area (Å²) in [6.07, 6.45) is 6.64. The first-order valence-corrected chi connectivity index (χ1v) is 9.72. The van der Waals surface area contributed by atoms with Crippen LogP contribution in [0.5, 0.6) is 0 Å². The van der Waals surface area contributed by atoms with E-state index in [2.05, 4.69) is 6.07 Å². The van der Waals surface area contributed by atoms with Gasteiger partial charge < -0.3 is 18.9 Å². The Morgan fingerprint density at radius 3 is 1.84 bits per heavy atom. The Bertz CT molecular complexity index is 1110. The fourth-order valence-electron chi connectivity index (χ4n) is 5.31. The van der Waals surface area contributed by atoms with Gasteiger partial charge >= 0.3 is 23.9 Å². The van der Waals surface area contributed by atoms with Gasteiger partial charge in [-0.3, -0.25) is 4.90 Å². The van der Waals surface area contributed by atoms with E-state index in [1.165, 1.54) is 20.3 Å². The molecule has 10 nitrogen and oxygen atoms in total. The average molecular weight is 440 g/mol. The van der Waals surface area contributed by atoms with Gasteiger partial charge in [-0.1, -0.05) is 18.2 Å². The van der Waals surface area contributed by atoms with Gasteiger partial charge in [0.15, 0.2) is 5.54 Å². The number of rotatable bonds is 4. The highest BCUT2D eigenvalue weighted by Gasteiger charge is 2.66. The second-order valence-electron chi connectivity index (χ2n) is 7.60. The van der Waals surface area contributed by atoms with E-state index in [0.717, 1.165) is 14.2 Å². The number of esters is 4. The van der Waals surface area contributed by atoms with E-state index in [-0.39, 0.29) is 22.3 Å². The van der Waals surface area contributed by atoms with Crippen molar-refractivity contribution in [2.45, 2.75) is 17.6 Å². The minimum absolute atomic E-state index is 0.0130. The lowest BCUT2D eigenvalue weighted by Crippen LogP contribution is -2.52. The third-order valence-electron chi connectivity index (χ3n) is 6.48. The minimum atomic E-state index is -1.64. The Labute approximate surface area is 183 Å². The van der Waals surface area contributed by atoms with Crippen molar-refractivity contribution in [2.24, 2.45) is 11.8 Å². The van der Waals surface area contributed by atoms with E-state index in [1.807, 2.05) is 0 Å². The molecular weight excluding hydrogens is 420 g/mol. The second-order valence-corrected chi connectivity index (χ2v) is 7.60. The van der Waals surface area contributed by atoms with E-state index in [0.29, 0.717) is 0 Å². The van der Waals surface area contributed by atoms with E-state index in [1.54, 1.807) is 23.1 Å². The quantitative estimate of drug-likeness (QED) is 0.333. The standard InChI is InChI=1S/C22H20N2O8/c1-29-18(25)13-10-5-6-11(14(13)19(26)30-2)17-15(20(27)31-3)16(21(28)32-4)22(9-23)8-7-12(10)24(17)22/h5-8,10-12,17H,1-4H3/t10-,11-,12?,17+,22+/m1/s1. The van der Waals surface area contributed by atoms with Crippen LogP contribution in [0.25, 0.3) is 0 Å². The Morgan fingerprint density at radius 2 is 1.31 bits per heavy atom. The van der Waals surface area contributed by atoms with Crippen LogP contribution in [-0.4, -0.2) is 74.8 Å². The second kappa shape index (κ2) is 7.46. The summed E-state index contributed by atoms with van der Waals surface area (Å²) in [5.41, 5.74) is -1.80. The monoisotopic (exact) mass is 440 g/mol. The van der Waals surface area contributed by atoms with Crippen LogP contribution in [0, 0.1) is 23.2 Å². The van der Waals surface area contributed by atoms with Crippen molar-refractivity contribution in [3.63, 3.8) is 0 Å². The van der Waals surface area contributed by atoms with E-state index >= 15 is 0 Å². The molecule has 166 valence electrons. The maximum Gasteiger partial charge on any atom is 0.337 e. The fraction of sp³-hybridized carbons (Fsp3) is 0.409. The molecule has 0 aromatic heterocycles. The highest BCUT2D eigenvalue weighted by atomic mass is 16.5. The zero-order valence-corrected chi connectivity index (χ0v) is 17.8. The normalized spacial score (nSPS) is 31.7. The van der Waals surface area contributed by atoms with Gasteiger partial charge in [-0.15, -0.1) is 0 Å². The summed E-state index contributed by atoms with van der Waals surface area (Å²) in [5, 5.41) is 10.2. The number of carbonyl (C=O) groups is 4. The van der Waals surface area contributed by atoms with Crippen LogP contribution < -0.4 is 0 Å². The molecule has 0 radical (unpaired) electrons. The van der Waals surface area contributed by atoms with E-state index in [9.17, 15) is 24.4 Å². The smallest absolute Gasteiger partial charge is 0.337 e. The predicted octanol–water partition coefficient (Wildman–Crippen LogP) is -0.0276. The summed E-state index contributed by atoms with van der Waals surface area (Å²) in [7, 11) is 4.68. The van der Waals surface area contributed by atoms with Gasteiger partial charge in [-0.05, 0) is 6.08 Å². The molecule has 0 aromatic carbocycles. The highest BCUT2D eigenvalue weighted by Crippen LogP contribution is 2.55. The molecule has 0 saturated heterocycles. The van der Waals surface area contributed by atoms with Gasteiger partial charge in [-0.2, -0.15) is 5.26 Å². The summed E-state index contributed by atoms with van der Waals surface area (Å²) in [4.78, 5) is 53.1. The van der Waals surface area contributed by atoms with E-state index in [4.69, 9.17) is 18.9 Å². The molecule has 32 heavy (non-hydrogen) atoms. The number of hydrogen-bond acceptors (Lipinski definition) is 10. The molecule has 2 bridgehead atoms. The Balaban J connectivity index is 2.08. The summed E-state index contributed by atoms with van der Waals surface area (Å²) >= 11 is 0. The van der Waals surface area contributed by atoms with Crippen LogP contribution in [0.15, 0.2) is 46.6 Å². The van der Waals surface area contributed by atoms with Gasteiger partial charge in [0, 0.05) is 17.9 Å². The number of ether oxygens (including phenoxy) is 4. The average Bonchev–Trinajstić information content (AvgIpc) is 3.24. The molecule has 4 heterocycles. The maximum absolute atomic E-state index is 12.9. The largest absolute Gasteiger partial charge is 0.466 e. The summed E-state index contributed by atoms with van der Waals surface area (Å²) < 4.78 is 19.8. The molecule has 0 saturated carbocycles. The molecule has 0 amide bonds. The number of nitrogens with zero attached hydrogens (tertiary/aromatic N) is 2. The van der Waals surface area contributed by atoms with Crippen molar-refractivity contribution >= 4 is 23.9 Å². The molecule has 0 spiro atoms. The van der Waals surface area contributed by atoms with Crippen LogP contribution in [0.4, 0.5) is 0 Å². The third-order valence-corrected chi connectivity index (χ3v) is 6.48. The van der Waals surface area contributed by atoms with Crippen molar-refractivity contribution in [1.29, 1.82) is 5.26 Å². The molecule has 5 atom stereocenters. The number of carbonyl (C=O) groups excluding carboxylic acids is 4. The summed E-state index contributed by atoms with van der Waals surface area (Å²) in [5.74, 6) is -4.75. The van der Waals surface area contributed by atoms with Crippen LogP contribution in [0.1, 0.15) is 0 Å². The van der Waals surface area contributed by atoms with Gasteiger partial charge in [0.25, 0.3) is 0 Å². The molecule has 0 fully saturated rings. The highest BCUT2D eigenvalue weighted by molar-refractivity contribution is 6.08. The lowest BCUT2D eigenvalue weighted by Gasteiger charge is -2.36. The van der Waals surface area contributed by atoms with Crippen molar-refractivity contribution in [3.8, 4) is 6.07 Å². The molecule has 0 aromatic rings.